The van der Waals surface area contributed by atoms with Crippen molar-refractivity contribution in [3.8, 4) is 0 Å². The summed E-state index contributed by atoms with van der Waals surface area (Å²) < 4.78 is 1.74. The Balaban J connectivity index is 2.83. The maximum absolute atomic E-state index is 8.96. The molecule has 68 valence electrons. The van der Waals surface area contributed by atoms with Crippen molar-refractivity contribution in [3.63, 3.8) is 0 Å². The van der Waals surface area contributed by atoms with Gasteiger partial charge in [0.2, 0.25) is 0 Å². The summed E-state index contributed by atoms with van der Waals surface area (Å²) in [5.41, 5.74) is 5.46. The Morgan fingerprint density at radius 2 is 2.50 bits per heavy atom. The Morgan fingerprint density at radius 3 is 3.00 bits per heavy atom. The maximum Gasteiger partial charge on any atom is 0.138 e. The van der Waals surface area contributed by atoms with Crippen LogP contribution in [0.4, 0.5) is 0 Å². The zero-order chi connectivity index (χ0) is 8.97. The molecule has 0 aliphatic rings. The number of aliphatic hydroxyl groups excluding tert-OH is 1. The van der Waals surface area contributed by atoms with Gasteiger partial charge in [-0.05, 0) is 6.92 Å². The first-order chi connectivity index (χ1) is 5.83. The monoisotopic (exact) mass is 170 g/mol. The molecular weight excluding hydrogens is 156 g/mol. The van der Waals surface area contributed by atoms with Gasteiger partial charge in [-0.3, -0.25) is 0 Å². The van der Waals surface area contributed by atoms with E-state index >= 15 is 0 Å². The Labute approximate surface area is 71.2 Å². The number of hydrogen-bond donors (Lipinski definition) is 2. The number of rotatable bonds is 4. The van der Waals surface area contributed by atoms with Crippen LogP contribution in [0.25, 0.3) is 0 Å². The summed E-state index contributed by atoms with van der Waals surface area (Å²) in [4.78, 5) is 4.04. The second-order valence-electron chi connectivity index (χ2n) is 2.55. The van der Waals surface area contributed by atoms with Gasteiger partial charge in [-0.25, -0.2) is 9.67 Å². The highest BCUT2D eigenvalue weighted by atomic mass is 16.3. The fourth-order valence-corrected chi connectivity index (χ4v) is 1.09. The molecule has 0 aliphatic carbocycles. The van der Waals surface area contributed by atoms with Crippen molar-refractivity contribution >= 4 is 0 Å². The van der Waals surface area contributed by atoms with Gasteiger partial charge in [0.15, 0.2) is 0 Å². The molecule has 0 spiro atoms. The minimum atomic E-state index is -0.0903. The molecule has 0 amide bonds. The molecule has 5 nitrogen and oxygen atoms in total. The number of nitrogens with two attached hydrogens (primary N) is 1. The van der Waals surface area contributed by atoms with E-state index in [1.165, 1.54) is 6.33 Å². The summed E-state index contributed by atoms with van der Waals surface area (Å²) in [6.45, 7) is 3.15. The molecule has 0 aliphatic heterocycles. The van der Waals surface area contributed by atoms with E-state index < -0.39 is 0 Å². The van der Waals surface area contributed by atoms with Crippen LogP contribution >= 0.6 is 0 Å². The van der Waals surface area contributed by atoms with Crippen LogP contribution in [0, 0.1) is 0 Å². The van der Waals surface area contributed by atoms with Crippen LogP contribution in [0.3, 0.4) is 0 Å². The van der Waals surface area contributed by atoms with Gasteiger partial charge in [0.05, 0.1) is 12.5 Å². The first-order valence-corrected chi connectivity index (χ1v) is 4.02. The molecule has 3 N–H and O–H groups in total. The molecule has 0 saturated heterocycles. The molecule has 1 rings (SSSR count). The third kappa shape index (κ3) is 1.62. The van der Waals surface area contributed by atoms with Crippen molar-refractivity contribution in [2.24, 2.45) is 5.73 Å². The summed E-state index contributed by atoms with van der Waals surface area (Å²) in [5, 5.41) is 12.9. The smallest absolute Gasteiger partial charge is 0.138 e. The van der Waals surface area contributed by atoms with Gasteiger partial charge in [0, 0.05) is 13.1 Å². The number of aryl methyl sites for hydroxylation is 1. The molecule has 0 radical (unpaired) electrons. The SMILES string of the molecule is CCn1ncnc1C(CN)CO. The largest absolute Gasteiger partial charge is 0.396 e. The molecule has 0 bridgehead atoms. The first-order valence-electron chi connectivity index (χ1n) is 4.02. The van der Waals surface area contributed by atoms with Crippen LogP contribution in [-0.4, -0.2) is 33.0 Å². The molecule has 0 aromatic carbocycles. The predicted molar refractivity (Wildman–Crippen MR) is 44.6 cm³/mol. The third-order valence-electron chi connectivity index (χ3n) is 1.82. The van der Waals surface area contributed by atoms with E-state index in [1.807, 2.05) is 6.92 Å². The highest BCUT2D eigenvalue weighted by molar-refractivity contribution is 4.96. The minimum Gasteiger partial charge on any atom is -0.396 e. The standard InChI is InChI=1S/C7H14N4O/c1-2-11-7(9-5-10-11)6(3-8)4-12/h5-6,12H,2-4,8H2,1H3. The molecule has 0 saturated carbocycles. The Bertz CT molecular complexity index is 231. The number of hydrogen-bond acceptors (Lipinski definition) is 4. The van der Waals surface area contributed by atoms with Crippen LogP contribution in [0.15, 0.2) is 6.33 Å². The lowest BCUT2D eigenvalue weighted by molar-refractivity contribution is 0.259. The highest BCUT2D eigenvalue weighted by Gasteiger charge is 2.14. The van der Waals surface area contributed by atoms with Crippen molar-refractivity contribution in [2.45, 2.75) is 19.4 Å². The second-order valence-corrected chi connectivity index (χ2v) is 2.55. The highest BCUT2D eigenvalue weighted by Crippen LogP contribution is 2.09. The van der Waals surface area contributed by atoms with Gasteiger partial charge in [-0.15, -0.1) is 0 Å². The lowest BCUT2D eigenvalue weighted by Crippen LogP contribution is -2.20. The van der Waals surface area contributed by atoms with Crippen LogP contribution < -0.4 is 5.73 Å². The second kappa shape index (κ2) is 4.18. The summed E-state index contributed by atoms with van der Waals surface area (Å²) in [7, 11) is 0. The van der Waals surface area contributed by atoms with E-state index in [-0.39, 0.29) is 12.5 Å². The normalized spacial score (nSPS) is 13.2. The van der Waals surface area contributed by atoms with E-state index in [0.717, 1.165) is 12.4 Å². The number of nitrogens with zero attached hydrogens (tertiary/aromatic N) is 3. The van der Waals surface area contributed by atoms with Crippen LogP contribution in [0.5, 0.6) is 0 Å². The molecule has 1 aromatic rings. The molecule has 1 heterocycles. The molecule has 12 heavy (non-hydrogen) atoms. The Morgan fingerprint density at radius 1 is 1.75 bits per heavy atom. The third-order valence-corrected chi connectivity index (χ3v) is 1.82. The van der Waals surface area contributed by atoms with Gasteiger partial charge >= 0.3 is 0 Å². The maximum atomic E-state index is 8.96. The van der Waals surface area contributed by atoms with Crippen LogP contribution in [-0.2, 0) is 6.54 Å². The lowest BCUT2D eigenvalue weighted by Gasteiger charge is -2.10. The van der Waals surface area contributed by atoms with E-state index in [4.69, 9.17) is 10.8 Å². The summed E-state index contributed by atoms with van der Waals surface area (Å²) in [6, 6.07) is 0. The lowest BCUT2D eigenvalue weighted by atomic mass is 10.1. The summed E-state index contributed by atoms with van der Waals surface area (Å²) in [5.74, 6) is 0.676. The van der Waals surface area contributed by atoms with Gasteiger partial charge in [-0.2, -0.15) is 5.10 Å². The molecule has 1 atom stereocenters. The van der Waals surface area contributed by atoms with Crippen molar-refractivity contribution in [2.75, 3.05) is 13.2 Å². The van der Waals surface area contributed by atoms with Gasteiger partial charge in [0.25, 0.3) is 0 Å². The summed E-state index contributed by atoms with van der Waals surface area (Å²) >= 11 is 0. The average Bonchev–Trinajstić information content (AvgIpc) is 2.55. The van der Waals surface area contributed by atoms with Crippen molar-refractivity contribution in [1.29, 1.82) is 0 Å². The minimum absolute atomic E-state index is 0.0230. The topological polar surface area (TPSA) is 77.0 Å². The van der Waals surface area contributed by atoms with Crippen molar-refractivity contribution < 1.29 is 5.11 Å². The van der Waals surface area contributed by atoms with Gasteiger partial charge in [-0.1, -0.05) is 0 Å². The number of aromatic nitrogens is 3. The Hall–Kier alpha value is -0.940. The van der Waals surface area contributed by atoms with E-state index in [2.05, 4.69) is 10.1 Å². The van der Waals surface area contributed by atoms with E-state index in [0.29, 0.717) is 6.54 Å². The fourth-order valence-electron chi connectivity index (χ4n) is 1.09. The first kappa shape index (κ1) is 9.15. The molecule has 5 heteroatoms. The van der Waals surface area contributed by atoms with Crippen molar-refractivity contribution in [1.82, 2.24) is 14.8 Å². The van der Waals surface area contributed by atoms with E-state index in [1.54, 1.807) is 4.68 Å². The van der Waals surface area contributed by atoms with Crippen LogP contribution in [0.1, 0.15) is 18.7 Å². The van der Waals surface area contributed by atoms with Gasteiger partial charge < -0.3 is 10.8 Å². The average molecular weight is 170 g/mol. The predicted octanol–water partition coefficient (Wildman–Crippen LogP) is -0.667. The molecule has 0 fully saturated rings. The summed E-state index contributed by atoms with van der Waals surface area (Å²) in [6.07, 6.45) is 1.48. The molecule has 1 aromatic heterocycles. The molecular formula is C7H14N4O. The number of aliphatic hydroxyl groups is 1. The zero-order valence-electron chi connectivity index (χ0n) is 7.14. The van der Waals surface area contributed by atoms with Crippen LogP contribution in [0.2, 0.25) is 0 Å². The molecule has 1 unspecified atom stereocenters. The quantitative estimate of drug-likeness (QED) is 0.628. The Kier molecular flexibility index (Phi) is 3.19. The van der Waals surface area contributed by atoms with E-state index in [9.17, 15) is 0 Å². The zero-order valence-corrected chi connectivity index (χ0v) is 7.14. The fraction of sp³-hybridized carbons (Fsp3) is 0.714. The van der Waals surface area contributed by atoms with Crippen molar-refractivity contribution in [3.05, 3.63) is 12.2 Å². The van der Waals surface area contributed by atoms with Gasteiger partial charge in [0.1, 0.15) is 12.2 Å².